The number of sulfonamides is 1. The maximum atomic E-state index is 13.1. The van der Waals surface area contributed by atoms with Gasteiger partial charge in [0.1, 0.15) is 0 Å². The molecule has 0 bridgehead atoms. The van der Waals surface area contributed by atoms with Crippen LogP contribution in [-0.2, 0) is 10.0 Å². The average Bonchev–Trinajstić information content (AvgIpc) is 3.27. The summed E-state index contributed by atoms with van der Waals surface area (Å²) in [7, 11) is -3.84. The minimum absolute atomic E-state index is 0.116. The normalized spacial score (nSPS) is 21.5. The molecule has 0 spiro atoms. The van der Waals surface area contributed by atoms with Crippen molar-refractivity contribution in [3.8, 4) is 0 Å². The van der Waals surface area contributed by atoms with Crippen LogP contribution < -0.4 is 10.0 Å². The van der Waals surface area contributed by atoms with Crippen LogP contribution in [-0.4, -0.2) is 8.42 Å². The van der Waals surface area contributed by atoms with Crippen LogP contribution in [0.2, 0.25) is 15.1 Å². The van der Waals surface area contributed by atoms with Crippen molar-refractivity contribution in [1.82, 2.24) is 0 Å². The lowest BCUT2D eigenvalue weighted by Gasteiger charge is -2.37. The van der Waals surface area contributed by atoms with Crippen molar-refractivity contribution in [3.05, 3.63) is 99.0 Å². The van der Waals surface area contributed by atoms with Gasteiger partial charge in [0.25, 0.3) is 10.0 Å². The Morgan fingerprint density at radius 2 is 1.75 bits per heavy atom. The molecule has 3 aromatic rings. The minimum atomic E-state index is -3.84. The lowest BCUT2D eigenvalue weighted by molar-refractivity contribution is 0.425. The van der Waals surface area contributed by atoms with E-state index in [9.17, 15) is 8.42 Å². The van der Waals surface area contributed by atoms with Gasteiger partial charge in [0.2, 0.25) is 0 Å². The van der Waals surface area contributed by atoms with Crippen molar-refractivity contribution in [2.45, 2.75) is 23.3 Å². The van der Waals surface area contributed by atoms with E-state index in [-0.39, 0.29) is 38.5 Å². The van der Waals surface area contributed by atoms with E-state index >= 15 is 0 Å². The van der Waals surface area contributed by atoms with Crippen LogP contribution in [0.15, 0.2) is 77.7 Å². The summed E-state index contributed by atoms with van der Waals surface area (Å²) in [6, 6.07) is 18.0. The van der Waals surface area contributed by atoms with E-state index in [1.807, 2.05) is 30.3 Å². The van der Waals surface area contributed by atoms with Gasteiger partial charge < -0.3 is 5.32 Å². The molecular weight excluding hydrogens is 487 g/mol. The summed E-state index contributed by atoms with van der Waals surface area (Å²) in [5.41, 5.74) is 3.30. The van der Waals surface area contributed by atoms with Crippen LogP contribution >= 0.6 is 34.8 Å². The van der Waals surface area contributed by atoms with Gasteiger partial charge in [-0.1, -0.05) is 65.2 Å². The van der Waals surface area contributed by atoms with Gasteiger partial charge >= 0.3 is 0 Å². The third-order valence-corrected chi connectivity index (χ3v) is 8.50. The molecule has 3 atom stereocenters. The topological polar surface area (TPSA) is 58.2 Å². The van der Waals surface area contributed by atoms with E-state index in [1.54, 1.807) is 30.3 Å². The smallest absolute Gasteiger partial charge is 0.261 e. The molecule has 1 aliphatic heterocycles. The van der Waals surface area contributed by atoms with Crippen molar-refractivity contribution in [2.75, 3.05) is 10.0 Å². The Kier molecular flexibility index (Phi) is 5.62. The first kappa shape index (κ1) is 21.7. The summed E-state index contributed by atoms with van der Waals surface area (Å²) < 4.78 is 28.7. The van der Waals surface area contributed by atoms with Crippen molar-refractivity contribution in [3.63, 3.8) is 0 Å². The van der Waals surface area contributed by atoms with Gasteiger partial charge in [0.15, 0.2) is 0 Å². The second-order valence-corrected chi connectivity index (χ2v) is 10.9. The zero-order chi connectivity index (χ0) is 22.5. The molecule has 0 radical (unpaired) electrons. The van der Waals surface area contributed by atoms with Crippen LogP contribution in [0, 0.1) is 5.92 Å². The van der Waals surface area contributed by atoms with Gasteiger partial charge in [0, 0.05) is 16.6 Å². The molecular formula is C24H19Cl3N2O2S. The summed E-state index contributed by atoms with van der Waals surface area (Å²) in [5.74, 6) is 0.411. The molecule has 5 rings (SSSR count). The van der Waals surface area contributed by atoms with Gasteiger partial charge in [-0.15, -0.1) is 0 Å². The first-order valence-electron chi connectivity index (χ1n) is 10.1. The van der Waals surface area contributed by atoms with Gasteiger partial charge in [-0.3, -0.25) is 4.72 Å². The third kappa shape index (κ3) is 3.88. The first-order valence-corrected chi connectivity index (χ1v) is 12.7. The standard InChI is InChI=1S/C24H19Cl3N2O2S/c25-15-9-7-14(8-10-15)24-18-4-1-3-17(18)19-13-16(11-12-21(19)28-24)32(30,31)29-22-6-2-5-20(26)23(22)27/h1-3,5-13,17-18,24,28-29H,4H2/t17-,18+,24+/m0/s1. The highest BCUT2D eigenvalue weighted by Crippen LogP contribution is 2.50. The van der Waals surface area contributed by atoms with Crippen molar-refractivity contribution < 1.29 is 8.42 Å². The molecule has 0 saturated carbocycles. The number of anilines is 2. The highest BCUT2D eigenvalue weighted by Gasteiger charge is 2.38. The highest BCUT2D eigenvalue weighted by molar-refractivity contribution is 7.92. The SMILES string of the molecule is O=S(=O)(Nc1cccc(Cl)c1Cl)c1ccc2c(c1)[C@H]1C=CC[C@H]1[C@@H](c1ccc(Cl)cc1)N2. The number of hydrogen-bond donors (Lipinski definition) is 2. The molecule has 0 amide bonds. The van der Waals surface area contributed by atoms with Crippen LogP contribution in [0.5, 0.6) is 0 Å². The number of hydrogen-bond acceptors (Lipinski definition) is 3. The van der Waals surface area contributed by atoms with E-state index in [2.05, 4.69) is 22.2 Å². The Morgan fingerprint density at radius 3 is 2.53 bits per heavy atom. The van der Waals surface area contributed by atoms with E-state index < -0.39 is 10.0 Å². The van der Waals surface area contributed by atoms with E-state index in [0.29, 0.717) is 5.02 Å². The van der Waals surface area contributed by atoms with Crippen molar-refractivity contribution >= 4 is 56.2 Å². The van der Waals surface area contributed by atoms with Gasteiger partial charge in [-0.2, -0.15) is 0 Å². The minimum Gasteiger partial charge on any atom is -0.378 e. The summed E-state index contributed by atoms with van der Waals surface area (Å²) in [5, 5.41) is 4.77. The molecule has 8 heteroatoms. The molecule has 3 aromatic carbocycles. The Morgan fingerprint density at radius 1 is 0.969 bits per heavy atom. The average molecular weight is 506 g/mol. The lowest BCUT2D eigenvalue weighted by Crippen LogP contribution is -2.29. The fourth-order valence-corrected chi connectivity index (χ4v) is 6.16. The Hall–Kier alpha value is -2.18. The summed E-state index contributed by atoms with van der Waals surface area (Å²) in [4.78, 5) is 0.179. The molecule has 1 heterocycles. The number of halogens is 3. The van der Waals surface area contributed by atoms with Gasteiger partial charge in [0.05, 0.1) is 26.7 Å². The molecule has 0 fully saturated rings. The predicted molar refractivity (Wildman–Crippen MR) is 132 cm³/mol. The number of benzene rings is 3. The van der Waals surface area contributed by atoms with Crippen molar-refractivity contribution in [1.29, 1.82) is 0 Å². The maximum absolute atomic E-state index is 13.1. The van der Waals surface area contributed by atoms with Crippen LogP contribution in [0.25, 0.3) is 0 Å². The second kappa shape index (κ2) is 8.31. The largest absolute Gasteiger partial charge is 0.378 e. The Bertz CT molecular complexity index is 1320. The molecule has 4 nitrogen and oxygen atoms in total. The molecule has 2 aliphatic rings. The van der Waals surface area contributed by atoms with E-state index in [0.717, 1.165) is 23.2 Å². The zero-order valence-electron chi connectivity index (χ0n) is 16.7. The zero-order valence-corrected chi connectivity index (χ0v) is 19.8. The van der Waals surface area contributed by atoms with Crippen LogP contribution in [0.3, 0.4) is 0 Å². The van der Waals surface area contributed by atoms with Crippen LogP contribution in [0.4, 0.5) is 11.4 Å². The van der Waals surface area contributed by atoms with E-state index in [4.69, 9.17) is 34.8 Å². The quantitative estimate of drug-likeness (QED) is 0.366. The molecule has 0 unspecified atom stereocenters. The molecule has 1 aliphatic carbocycles. The second-order valence-electron chi connectivity index (χ2n) is 7.98. The highest BCUT2D eigenvalue weighted by atomic mass is 35.5. The van der Waals surface area contributed by atoms with Crippen LogP contribution in [0.1, 0.15) is 29.5 Å². The molecule has 0 aromatic heterocycles. The molecule has 0 saturated heterocycles. The fraction of sp³-hybridized carbons (Fsp3) is 0.167. The number of fused-ring (bicyclic) bond motifs is 3. The summed E-state index contributed by atoms with van der Waals surface area (Å²) >= 11 is 18.3. The fourth-order valence-electron chi connectivity index (χ4n) is 4.53. The number of allylic oxidation sites excluding steroid dienone is 2. The summed E-state index contributed by atoms with van der Waals surface area (Å²) in [6.07, 6.45) is 5.25. The molecule has 32 heavy (non-hydrogen) atoms. The maximum Gasteiger partial charge on any atom is 0.261 e. The third-order valence-electron chi connectivity index (χ3n) is 6.07. The van der Waals surface area contributed by atoms with Crippen molar-refractivity contribution in [2.24, 2.45) is 5.92 Å². The number of rotatable bonds is 4. The van der Waals surface area contributed by atoms with E-state index in [1.165, 1.54) is 0 Å². The lowest BCUT2D eigenvalue weighted by atomic mass is 9.77. The number of nitrogens with one attached hydrogen (secondary N) is 2. The molecule has 164 valence electrons. The van der Waals surface area contributed by atoms with Gasteiger partial charge in [-0.25, -0.2) is 8.42 Å². The Balaban J connectivity index is 1.49. The van der Waals surface area contributed by atoms with Gasteiger partial charge in [-0.05, 0) is 65.9 Å². The Labute approximate surface area is 202 Å². The predicted octanol–water partition coefficient (Wildman–Crippen LogP) is 7.27. The first-order chi connectivity index (χ1) is 15.3. The summed E-state index contributed by atoms with van der Waals surface area (Å²) in [6.45, 7) is 0. The molecule has 2 N–H and O–H groups in total. The monoisotopic (exact) mass is 504 g/mol.